The number of non-ortho nitro benzene ring substituents is 1. The molecule has 0 radical (unpaired) electrons. The lowest BCUT2D eigenvalue weighted by molar-refractivity contribution is -0.384. The number of nitrogens with one attached hydrogen (secondary N) is 1. The quantitative estimate of drug-likeness (QED) is 0.122. The number of hydrogen-bond acceptors (Lipinski definition) is 9. The van der Waals surface area contributed by atoms with E-state index in [0.29, 0.717) is 21.8 Å². The Morgan fingerprint density at radius 3 is 2.46 bits per heavy atom. The smallest absolute Gasteiger partial charge is 0.294 e. The van der Waals surface area contributed by atoms with Crippen LogP contribution in [0.3, 0.4) is 0 Å². The molecule has 0 atom stereocenters. The minimum absolute atomic E-state index is 0.0586. The van der Waals surface area contributed by atoms with Gasteiger partial charge in [-0.05, 0) is 42.8 Å². The van der Waals surface area contributed by atoms with Crippen molar-refractivity contribution in [2.75, 3.05) is 5.32 Å². The number of thiazole rings is 1. The number of rotatable bonds is 6. The molecule has 0 saturated heterocycles. The Kier molecular flexibility index (Phi) is 6.91. The zero-order chi connectivity index (χ0) is 28.5. The van der Waals surface area contributed by atoms with Crippen molar-refractivity contribution in [2.24, 2.45) is 10.1 Å². The number of nitro benzene ring substituents is 2. The second-order valence-electron chi connectivity index (χ2n) is 9.00. The molecule has 0 spiro atoms. The molecule has 0 bridgehead atoms. The van der Waals surface area contributed by atoms with E-state index in [1.54, 1.807) is 52.1 Å². The van der Waals surface area contributed by atoms with E-state index in [0.717, 1.165) is 26.7 Å². The Hall–Kier alpha value is -5.07. The van der Waals surface area contributed by atoms with Crippen molar-refractivity contribution in [1.29, 1.82) is 0 Å². The van der Waals surface area contributed by atoms with E-state index >= 15 is 0 Å². The average Bonchev–Trinajstić information content (AvgIpc) is 3.37. The number of aromatic nitrogens is 1. The third-order valence-corrected chi connectivity index (χ3v) is 8.32. The van der Waals surface area contributed by atoms with Crippen LogP contribution < -0.4 is 10.1 Å². The third-order valence-electron chi connectivity index (χ3n) is 6.36. The Balaban J connectivity index is 1.48. The molecule has 4 aromatic carbocycles. The van der Waals surface area contributed by atoms with Gasteiger partial charge in [-0.25, -0.2) is 9.67 Å². The Morgan fingerprint density at radius 2 is 1.63 bits per heavy atom. The normalized spacial score (nSPS) is 12.8. The van der Waals surface area contributed by atoms with E-state index in [1.165, 1.54) is 29.5 Å². The first-order valence-corrected chi connectivity index (χ1v) is 14.0. The van der Waals surface area contributed by atoms with Gasteiger partial charge in [0.05, 0.1) is 32.6 Å². The number of nitro groups is 2. The van der Waals surface area contributed by atoms with Crippen LogP contribution in [0.2, 0.25) is 0 Å². The zero-order valence-corrected chi connectivity index (χ0v) is 23.1. The molecule has 1 aliphatic heterocycles. The Labute approximate surface area is 241 Å². The lowest BCUT2D eigenvalue weighted by Gasteiger charge is -2.21. The first-order valence-electron chi connectivity index (χ1n) is 12.3. The predicted octanol–water partition coefficient (Wildman–Crippen LogP) is 7.75. The van der Waals surface area contributed by atoms with Crippen LogP contribution in [-0.4, -0.2) is 20.2 Å². The van der Waals surface area contributed by atoms with Crippen molar-refractivity contribution in [3.8, 4) is 11.3 Å². The van der Waals surface area contributed by atoms with Gasteiger partial charge in [0.2, 0.25) is 4.80 Å². The zero-order valence-electron chi connectivity index (χ0n) is 21.4. The maximum atomic E-state index is 11.6. The standard InChI is InChI=1S/C29H20N6O4S2/c1-18(19-13-14-28-24(16-19)30-23-10-3-5-12-27(23)41-28)32-33-26(20-7-6-8-21(15-20)34(36)37)17-40-29(33)31-22-9-2-4-11-25(22)35(38)39/h2-17,30H,1H3. The number of benzene rings is 4. The van der Waals surface area contributed by atoms with Crippen LogP contribution >= 0.6 is 23.1 Å². The van der Waals surface area contributed by atoms with Crippen molar-refractivity contribution < 1.29 is 9.85 Å². The minimum Gasteiger partial charge on any atom is -0.354 e. The molecule has 5 aromatic rings. The summed E-state index contributed by atoms with van der Waals surface area (Å²) in [6.07, 6.45) is 0. The van der Waals surface area contributed by atoms with Crippen LogP contribution in [0.5, 0.6) is 0 Å². The molecule has 12 heteroatoms. The molecule has 41 heavy (non-hydrogen) atoms. The van der Waals surface area contributed by atoms with Gasteiger partial charge in [-0.1, -0.05) is 54.2 Å². The molecule has 0 amide bonds. The molecule has 0 aliphatic carbocycles. The second kappa shape index (κ2) is 10.8. The van der Waals surface area contributed by atoms with Crippen molar-refractivity contribution in [1.82, 2.24) is 4.68 Å². The summed E-state index contributed by atoms with van der Waals surface area (Å²) in [5, 5.41) is 33.2. The average molecular weight is 581 g/mol. The number of nitrogens with zero attached hydrogens (tertiary/aromatic N) is 5. The number of anilines is 2. The Morgan fingerprint density at radius 1 is 0.854 bits per heavy atom. The van der Waals surface area contributed by atoms with Gasteiger partial charge in [0, 0.05) is 38.9 Å². The van der Waals surface area contributed by atoms with E-state index < -0.39 is 9.85 Å². The summed E-state index contributed by atoms with van der Waals surface area (Å²) in [6.45, 7) is 1.86. The molecule has 6 rings (SSSR count). The van der Waals surface area contributed by atoms with Gasteiger partial charge in [-0.15, -0.1) is 11.3 Å². The molecule has 0 saturated carbocycles. The Bertz CT molecular complexity index is 1950. The topological polar surface area (TPSA) is 128 Å². The second-order valence-corrected chi connectivity index (χ2v) is 10.9. The van der Waals surface area contributed by atoms with E-state index in [1.807, 2.05) is 43.3 Å². The molecule has 10 nitrogen and oxygen atoms in total. The SMILES string of the molecule is CC(=Nn1c(-c2cccc([N+](=O)[O-])c2)csc1=Nc1ccccc1[N+](=O)[O-])c1ccc2c(c1)Nc1ccccc1S2. The summed E-state index contributed by atoms with van der Waals surface area (Å²) in [4.78, 5) is 29.4. The molecular weight excluding hydrogens is 560 g/mol. The summed E-state index contributed by atoms with van der Waals surface area (Å²) in [5.41, 5.74) is 4.62. The van der Waals surface area contributed by atoms with Crippen molar-refractivity contribution >= 4 is 57.2 Å². The fourth-order valence-electron chi connectivity index (χ4n) is 4.34. The third kappa shape index (κ3) is 5.25. The van der Waals surface area contributed by atoms with Gasteiger partial charge in [0.15, 0.2) is 0 Å². The minimum atomic E-state index is -0.483. The van der Waals surface area contributed by atoms with Gasteiger partial charge in [0.25, 0.3) is 11.4 Å². The monoisotopic (exact) mass is 580 g/mol. The highest BCUT2D eigenvalue weighted by Gasteiger charge is 2.18. The largest absolute Gasteiger partial charge is 0.354 e. The molecule has 0 unspecified atom stereocenters. The summed E-state index contributed by atoms with van der Waals surface area (Å²) in [6, 6.07) is 26.6. The van der Waals surface area contributed by atoms with Gasteiger partial charge in [-0.3, -0.25) is 20.2 Å². The molecule has 0 fully saturated rings. The number of para-hydroxylation sites is 3. The van der Waals surface area contributed by atoms with Crippen molar-refractivity contribution in [2.45, 2.75) is 16.7 Å². The lowest BCUT2D eigenvalue weighted by Crippen LogP contribution is -2.14. The van der Waals surface area contributed by atoms with E-state index in [4.69, 9.17) is 5.10 Å². The summed E-state index contributed by atoms with van der Waals surface area (Å²) in [5.74, 6) is 0. The molecule has 202 valence electrons. The summed E-state index contributed by atoms with van der Waals surface area (Å²) in [7, 11) is 0. The maximum Gasteiger partial charge on any atom is 0.294 e. The van der Waals surface area contributed by atoms with Gasteiger partial charge >= 0.3 is 0 Å². The van der Waals surface area contributed by atoms with Crippen LogP contribution in [0.15, 0.2) is 116 Å². The van der Waals surface area contributed by atoms with Crippen molar-refractivity contribution in [3.63, 3.8) is 0 Å². The predicted molar refractivity (Wildman–Crippen MR) is 161 cm³/mol. The van der Waals surface area contributed by atoms with Gasteiger partial charge in [0.1, 0.15) is 5.69 Å². The van der Waals surface area contributed by atoms with Crippen LogP contribution in [0.25, 0.3) is 11.3 Å². The van der Waals surface area contributed by atoms with Gasteiger partial charge < -0.3 is 5.32 Å². The summed E-state index contributed by atoms with van der Waals surface area (Å²) >= 11 is 2.92. The van der Waals surface area contributed by atoms with E-state index in [-0.39, 0.29) is 17.1 Å². The molecular formula is C29H20N6O4S2. The van der Waals surface area contributed by atoms with E-state index in [2.05, 4.69) is 16.4 Å². The fraction of sp³-hybridized carbons (Fsp3) is 0.0345. The maximum absolute atomic E-state index is 11.6. The fourth-order valence-corrected chi connectivity index (χ4v) is 6.15. The highest BCUT2D eigenvalue weighted by Crippen LogP contribution is 2.44. The highest BCUT2D eigenvalue weighted by molar-refractivity contribution is 7.99. The van der Waals surface area contributed by atoms with Crippen molar-refractivity contribution in [3.05, 3.63) is 127 Å². The van der Waals surface area contributed by atoms with Crippen LogP contribution in [0.4, 0.5) is 28.4 Å². The lowest BCUT2D eigenvalue weighted by atomic mass is 10.1. The van der Waals surface area contributed by atoms with Crippen LogP contribution in [0, 0.1) is 20.2 Å². The van der Waals surface area contributed by atoms with Crippen LogP contribution in [0.1, 0.15) is 12.5 Å². The first-order chi connectivity index (χ1) is 19.9. The van der Waals surface area contributed by atoms with Crippen LogP contribution in [-0.2, 0) is 0 Å². The highest BCUT2D eigenvalue weighted by atomic mass is 32.2. The number of hydrogen-bond donors (Lipinski definition) is 1. The van der Waals surface area contributed by atoms with E-state index in [9.17, 15) is 20.2 Å². The molecule has 2 heterocycles. The van der Waals surface area contributed by atoms with Gasteiger partial charge in [-0.2, -0.15) is 5.10 Å². The molecule has 1 aromatic heterocycles. The number of fused-ring (bicyclic) bond motifs is 2. The molecule has 1 N–H and O–H groups in total. The molecule has 1 aliphatic rings. The first kappa shape index (κ1) is 26.2. The summed E-state index contributed by atoms with van der Waals surface area (Å²) < 4.78 is 1.58.